The summed E-state index contributed by atoms with van der Waals surface area (Å²) in [6, 6.07) is 4.60. The highest BCUT2D eigenvalue weighted by atomic mass is 79.9. The van der Waals surface area contributed by atoms with Crippen LogP contribution in [0.3, 0.4) is 0 Å². The van der Waals surface area contributed by atoms with E-state index >= 15 is 0 Å². The van der Waals surface area contributed by atoms with E-state index < -0.39 is 13.4 Å². The van der Waals surface area contributed by atoms with Crippen LogP contribution in [0.1, 0.15) is 19.4 Å². The van der Waals surface area contributed by atoms with Gasteiger partial charge in [-0.25, -0.2) is 4.39 Å². The molecule has 0 aliphatic rings. The zero-order valence-corrected chi connectivity index (χ0v) is 12.3. The highest BCUT2D eigenvalue weighted by molar-refractivity contribution is 9.10. The zero-order chi connectivity index (χ0) is 12.9. The van der Waals surface area contributed by atoms with Crippen LogP contribution in [-0.4, -0.2) is 13.2 Å². The number of hydrogen-bond acceptors (Lipinski definition) is 3. The van der Waals surface area contributed by atoms with Crippen molar-refractivity contribution in [3.63, 3.8) is 0 Å². The number of benzene rings is 1. The first-order chi connectivity index (χ1) is 8.02. The van der Waals surface area contributed by atoms with Crippen molar-refractivity contribution < 1.29 is 18.0 Å². The molecule has 0 aliphatic carbocycles. The fourth-order valence-electron chi connectivity index (χ4n) is 1.40. The van der Waals surface area contributed by atoms with Crippen LogP contribution in [0.25, 0.3) is 0 Å². The Hall–Kier alpha value is -0.220. The lowest BCUT2D eigenvalue weighted by molar-refractivity contribution is 0.219. The topological polar surface area (TPSA) is 35.5 Å². The quantitative estimate of drug-likeness (QED) is 0.729. The van der Waals surface area contributed by atoms with Crippen molar-refractivity contribution in [2.24, 2.45) is 0 Å². The summed E-state index contributed by atoms with van der Waals surface area (Å²) in [5, 5.41) is 0. The van der Waals surface area contributed by atoms with Gasteiger partial charge in [0.15, 0.2) is 0 Å². The SMILES string of the molecule is CCOP(=O)(Cc1c(F)cccc1Br)OCC. The van der Waals surface area contributed by atoms with Gasteiger partial charge in [-0.05, 0) is 26.0 Å². The lowest BCUT2D eigenvalue weighted by Gasteiger charge is -2.17. The largest absolute Gasteiger partial charge is 0.335 e. The first-order valence-electron chi connectivity index (χ1n) is 5.33. The molecule has 0 fully saturated rings. The molecule has 0 saturated carbocycles. The molecule has 0 amide bonds. The highest BCUT2D eigenvalue weighted by Crippen LogP contribution is 2.52. The maximum Gasteiger partial charge on any atom is 0.335 e. The smallest absolute Gasteiger partial charge is 0.309 e. The van der Waals surface area contributed by atoms with Crippen molar-refractivity contribution in [2.75, 3.05) is 13.2 Å². The van der Waals surface area contributed by atoms with Gasteiger partial charge in [0.25, 0.3) is 0 Å². The van der Waals surface area contributed by atoms with E-state index in [0.29, 0.717) is 10.0 Å². The van der Waals surface area contributed by atoms with Crippen LogP contribution < -0.4 is 0 Å². The minimum absolute atomic E-state index is 0.0675. The molecule has 0 unspecified atom stereocenters. The van der Waals surface area contributed by atoms with Gasteiger partial charge in [-0.3, -0.25) is 4.57 Å². The Morgan fingerprint density at radius 1 is 1.29 bits per heavy atom. The van der Waals surface area contributed by atoms with E-state index in [4.69, 9.17) is 9.05 Å². The summed E-state index contributed by atoms with van der Waals surface area (Å²) in [6.07, 6.45) is -0.0675. The summed E-state index contributed by atoms with van der Waals surface area (Å²) in [5.41, 5.74) is 0.317. The van der Waals surface area contributed by atoms with Gasteiger partial charge in [-0.2, -0.15) is 0 Å². The fraction of sp³-hybridized carbons (Fsp3) is 0.455. The molecule has 0 saturated heterocycles. The van der Waals surface area contributed by atoms with Crippen LogP contribution in [0.5, 0.6) is 0 Å². The maximum atomic E-state index is 13.6. The Balaban J connectivity index is 2.97. The summed E-state index contributed by atoms with van der Waals surface area (Å²) >= 11 is 3.23. The number of hydrogen-bond donors (Lipinski definition) is 0. The Kier molecular flexibility index (Phi) is 5.80. The average Bonchev–Trinajstić information content (AvgIpc) is 2.24. The second-order valence-corrected chi connectivity index (χ2v) is 6.21. The lowest BCUT2D eigenvalue weighted by Crippen LogP contribution is -2.01. The minimum atomic E-state index is -3.27. The van der Waals surface area contributed by atoms with E-state index in [0.717, 1.165) is 0 Å². The van der Waals surface area contributed by atoms with Crippen LogP contribution >= 0.6 is 23.5 Å². The van der Waals surface area contributed by atoms with Crippen LogP contribution in [0.4, 0.5) is 4.39 Å². The van der Waals surface area contributed by atoms with E-state index in [1.54, 1.807) is 26.0 Å². The molecular formula is C11H15BrFO3P. The van der Waals surface area contributed by atoms with E-state index in [2.05, 4.69) is 15.9 Å². The molecule has 0 bridgehead atoms. The summed E-state index contributed by atoms with van der Waals surface area (Å²) in [7, 11) is -3.27. The lowest BCUT2D eigenvalue weighted by atomic mass is 10.2. The van der Waals surface area contributed by atoms with Crippen molar-refractivity contribution in [2.45, 2.75) is 20.0 Å². The summed E-state index contributed by atoms with van der Waals surface area (Å²) < 4.78 is 36.7. The van der Waals surface area contributed by atoms with E-state index in [1.807, 2.05) is 0 Å². The molecule has 1 aromatic rings. The highest BCUT2D eigenvalue weighted by Gasteiger charge is 2.26. The zero-order valence-electron chi connectivity index (χ0n) is 9.78. The van der Waals surface area contributed by atoms with Crippen molar-refractivity contribution >= 4 is 23.5 Å². The Labute approximate surface area is 109 Å². The Bertz CT molecular complexity index is 395. The molecule has 0 radical (unpaired) electrons. The second kappa shape index (κ2) is 6.64. The molecule has 6 heteroatoms. The molecule has 0 heterocycles. The third kappa shape index (κ3) is 4.18. The van der Waals surface area contributed by atoms with Gasteiger partial charge in [-0.15, -0.1) is 0 Å². The van der Waals surface area contributed by atoms with E-state index in [9.17, 15) is 8.96 Å². The second-order valence-electron chi connectivity index (χ2n) is 3.30. The molecule has 0 aliphatic heterocycles. The van der Waals surface area contributed by atoms with E-state index in [-0.39, 0.29) is 19.4 Å². The average molecular weight is 325 g/mol. The van der Waals surface area contributed by atoms with Gasteiger partial charge in [0.05, 0.1) is 19.4 Å². The van der Waals surface area contributed by atoms with Gasteiger partial charge in [-0.1, -0.05) is 22.0 Å². The normalized spacial score (nSPS) is 11.8. The van der Waals surface area contributed by atoms with Crippen LogP contribution in [0.2, 0.25) is 0 Å². The fourth-order valence-corrected chi connectivity index (χ4v) is 3.85. The first kappa shape index (κ1) is 14.8. The van der Waals surface area contributed by atoms with Crippen molar-refractivity contribution in [3.8, 4) is 0 Å². The van der Waals surface area contributed by atoms with Crippen LogP contribution in [0, 0.1) is 5.82 Å². The summed E-state index contributed by atoms with van der Waals surface area (Å²) in [4.78, 5) is 0. The molecule has 1 rings (SSSR count). The standard InChI is InChI=1S/C11H15BrFO3P/c1-3-15-17(14,16-4-2)8-9-10(12)6-5-7-11(9)13/h5-7H,3-4,8H2,1-2H3. The monoisotopic (exact) mass is 324 g/mol. The molecule has 0 aromatic heterocycles. The molecule has 17 heavy (non-hydrogen) atoms. The number of halogens is 2. The van der Waals surface area contributed by atoms with Crippen molar-refractivity contribution in [3.05, 3.63) is 34.1 Å². The van der Waals surface area contributed by atoms with Gasteiger partial charge in [0.2, 0.25) is 0 Å². The maximum absolute atomic E-state index is 13.6. The molecule has 0 spiro atoms. The van der Waals surface area contributed by atoms with Crippen molar-refractivity contribution in [1.82, 2.24) is 0 Å². The van der Waals surface area contributed by atoms with Gasteiger partial charge in [0, 0.05) is 10.0 Å². The summed E-state index contributed by atoms with van der Waals surface area (Å²) in [5.74, 6) is -0.418. The van der Waals surface area contributed by atoms with Gasteiger partial charge < -0.3 is 9.05 Å². The third-order valence-electron chi connectivity index (χ3n) is 2.07. The predicted molar refractivity (Wildman–Crippen MR) is 68.7 cm³/mol. The summed E-state index contributed by atoms with van der Waals surface area (Å²) in [6.45, 7) is 3.98. The molecule has 1 aromatic carbocycles. The minimum Gasteiger partial charge on any atom is -0.309 e. The van der Waals surface area contributed by atoms with Crippen LogP contribution in [-0.2, 0) is 19.8 Å². The Morgan fingerprint density at radius 2 is 1.88 bits per heavy atom. The third-order valence-corrected chi connectivity index (χ3v) is 4.81. The van der Waals surface area contributed by atoms with Crippen molar-refractivity contribution in [1.29, 1.82) is 0 Å². The molecule has 3 nitrogen and oxygen atoms in total. The van der Waals surface area contributed by atoms with Crippen LogP contribution in [0.15, 0.2) is 22.7 Å². The Morgan fingerprint density at radius 3 is 2.35 bits per heavy atom. The molecular weight excluding hydrogens is 310 g/mol. The van der Waals surface area contributed by atoms with Gasteiger partial charge in [0.1, 0.15) is 5.82 Å². The molecule has 0 atom stereocenters. The van der Waals surface area contributed by atoms with Gasteiger partial charge >= 0.3 is 7.60 Å². The molecule has 0 N–H and O–H groups in total. The van der Waals surface area contributed by atoms with E-state index in [1.165, 1.54) is 6.07 Å². The predicted octanol–water partition coefficient (Wildman–Crippen LogP) is 4.35. The number of rotatable bonds is 6. The first-order valence-corrected chi connectivity index (χ1v) is 7.85. The molecule has 96 valence electrons.